The molecule has 0 radical (unpaired) electrons. The highest BCUT2D eigenvalue weighted by molar-refractivity contribution is 5.96. The quantitative estimate of drug-likeness (QED) is 0.200. The van der Waals surface area contributed by atoms with Crippen molar-refractivity contribution >= 4 is 29.4 Å². The lowest BCUT2D eigenvalue weighted by Gasteiger charge is -2.39. The number of nitrogens with zero attached hydrogens (tertiary/aromatic N) is 2. The molecule has 0 aromatic carbocycles. The van der Waals surface area contributed by atoms with Crippen molar-refractivity contribution in [2.75, 3.05) is 13.1 Å². The number of likely N-dealkylation sites (tertiary alicyclic amines) is 2. The Bertz CT molecular complexity index is 1350. The van der Waals surface area contributed by atoms with Crippen LogP contribution in [-0.2, 0) is 24.0 Å². The lowest BCUT2D eigenvalue weighted by molar-refractivity contribution is -0.148. The highest BCUT2D eigenvalue weighted by Gasteiger charge is 2.85. The number of carbonyl (C=O) groups excluding carboxylic acids is 4. The van der Waals surface area contributed by atoms with Crippen LogP contribution in [0.2, 0.25) is 0 Å². The van der Waals surface area contributed by atoms with E-state index in [4.69, 9.17) is 0 Å². The van der Waals surface area contributed by atoms with Crippen LogP contribution in [0.1, 0.15) is 157 Å². The third kappa shape index (κ3) is 6.96. The summed E-state index contributed by atoms with van der Waals surface area (Å²) in [5, 5.41) is 13.2. The van der Waals surface area contributed by atoms with Crippen LogP contribution in [0.4, 0.5) is 0 Å². The number of fused-ring (bicyclic) bond motifs is 1. The molecule has 2 N–H and O–H groups in total. The van der Waals surface area contributed by atoms with Crippen molar-refractivity contribution in [3.8, 4) is 0 Å². The molecule has 286 valence electrons. The Labute approximate surface area is 306 Å². The van der Waals surface area contributed by atoms with Gasteiger partial charge in [0.05, 0.1) is 24.0 Å². The number of carboxylic acids is 1. The normalized spacial score (nSPS) is 30.7. The van der Waals surface area contributed by atoms with Crippen molar-refractivity contribution < 1.29 is 29.1 Å². The molecule has 2 spiro atoms. The zero-order valence-electron chi connectivity index (χ0n) is 32.6. The first kappa shape index (κ1) is 38.4. The fourth-order valence-electron chi connectivity index (χ4n) is 11.7. The predicted molar refractivity (Wildman–Crippen MR) is 197 cm³/mol. The van der Waals surface area contributed by atoms with Gasteiger partial charge in [-0.05, 0) is 92.9 Å². The van der Waals surface area contributed by atoms with E-state index in [0.717, 1.165) is 90.0 Å². The van der Waals surface area contributed by atoms with Crippen molar-refractivity contribution in [2.24, 2.45) is 39.4 Å². The molecule has 4 aliphatic carbocycles. The Hall–Kier alpha value is -2.29. The van der Waals surface area contributed by atoms with Crippen molar-refractivity contribution in [2.45, 2.75) is 181 Å². The van der Waals surface area contributed by atoms with Crippen LogP contribution in [-0.4, -0.2) is 81.5 Å². The topological polar surface area (TPSA) is 124 Å². The molecular formula is C42H67N3O6. The van der Waals surface area contributed by atoms with Gasteiger partial charge in [-0.25, -0.2) is 0 Å². The Morgan fingerprint density at radius 2 is 1.51 bits per heavy atom. The fourth-order valence-corrected chi connectivity index (χ4v) is 11.7. The summed E-state index contributed by atoms with van der Waals surface area (Å²) in [6, 6.07) is -1.01. The second-order valence-electron chi connectivity index (χ2n) is 19.3. The van der Waals surface area contributed by atoms with Crippen molar-refractivity contribution in [1.82, 2.24) is 15.1 Å². The summed E-state index contributed by atoms with van der Waals surface area (Å²) in [4.78, 5) is 74.2. The number of piperidine rings is 1. The van der Waals surface area contributed by atoms with Crippen molar-refractivity contribution in [3.63, 3.8) is 0 Å². The molecule has 51 heavy (non-hydrogen) atoms. The molecule has 0 unspecified atom stereocenters. The Kier molecular flexibility index (Phi) is 10.9. The molecule has 9 nitrogen and oxygen atoms in total. The molecule has 6 rings (SSSR count). The van der Waals surface area contributed by atoms with Crippen LogP contribution in [0.3, 0.4) is 0 Å². The zero-order valence-corrected chi connectivity index (χ0v) is 32.6. The van der Waals surface area contributed by atoms with Crippen LogP contribution in [0, 0.1) is 39.4 Å². The summed E-state index contributed by atoms with van der Waals surface area (Å²) in [6.45, 7) is 14.0. The number of hydrogen-bond acceptors (Lipinski definition) is 6. The summed E-state index contributed by atoms with van der Waals surface area (Å²) in [5.74, 6) is -2.74. The van der Waals surface area contributed by atoms with Crippen LogP contribution in [0.15, 0.2) is 0 Å². The largest absolute Gasteiger partial charge is 0.481 e. The predicted octanol–water partition coefficient (Wildman–Crippen LogP) is 6.95. The maximum Gasteiger partial charge on any atom is 0.306 e. The minimum absolute atomic E-state index is 0.0156. The molecular weight excluding hydrogens is 642 g/mol. The Balaban J connectivity index is 1.25. The first-order valence-electron chi connectivity index (χ1n) is 20.7. The van der Waals surface area contributed by atoms with Gasteiger partial charge in [0, 0.05) is 36.8 Å². The third-order valence-electron chi connectivity index (χ3n) is 15.3. The highest BCUT2D eigenvalue weighted by Crippen LogP contribution is 2.88. The average Bonchev–Trinajstić information content (AvgIpc) is 3.92. The average molecular weight is 710 g/mol. The molecule has 2 saturated heterocycles. The first-order valence-corrected chi connectivity index (χ1v) is 20.7. The van der Waals surface area contributed by atoms with Crippen LogP contribution in [0.5, 0.6) is 0 Å². The van der Waals surface area contributed by atoms with E-state index in [-0.39, 0.29) is 64.4 Å². The van der Waals surface area contributed by atoms with Gasteiger partial charge in [0.1, 0.15) is 0 Å². The first-order chi connectivity index (χ1) is 24.1. The molecule has 2 heterocycles. The number of nitrogens with one attached hydrogen (secondary N) is 1. The van der Waals surface area contributed by atoms with Crippen LogP contribution < -0.4 is 5.32 Å². The van der Waals surface area contributed by atoms with Gasteiger partial charge >= 0.3 is 5.97 Å². The number of carbonyl (C=O) groups is 5. The van der Waals surface area contributed by atoms with E-state index in [2.05, 4.69) is 24.1 Å². The third-order valence-corrected chi connectivity index (χ3v) is 15.3. The number of rotatable bonds is 14. The molecule has 4 saturated carbocycles. The second-order valence-corrected chi connectivity index (χ2v) is 19.3. The van der Waals surface area contributed by atoms with E-state index < -0.39 is 35.3 Å². The van der Waals surface area contributed by atoms with Gasteiger partial charge in [-0.3, -0.25) is 28.9 Å². The smallest absolute Gasteiger partial charge is 0.306 e. The lowest BCUT2D eigenvalue weighted by Crippen LogP contribution is -2.56. The van der Waals surface area contributed by atoms with Gasteiger partial charge < -0.3 is 15.3 Å². The molecule has 0 aromatic heterocycles. The van der Waals surface area contributed by atoms with Crippen molar-refractivity contribution in [1.29, 1.82) is 0 Å². The second kappa shape index (κ2) is 14.5. The number of amides is 2. The number of ketones is 2. The number of carboxylic acid groups (broad SMARTS) is 1. The van der Waals surface area contributed by atoms with Gasteiger partial charge in [0.15, 0.2) is 11.6 Å². The van der Waals surface area contributed by atoms with Crippen LogP contribution >= 0.6 is 0 Å². The van der Waals surface area contributed by atoms with E-state index >= 15 is 4.79 Å². The number of hydrogen-bond donors (Lipinski definition) is 2. The molecule has 2 amide bonds. The lowest BCUT2D eigenvalue weighted by atomic mass is 9.73. The van der Waals surface area contributed by atoms with Gasteiger partial charge in [0.2, 0.25) is 11.8 Å². The maximum atomic E-state index is 15.0. The van der Waals surface area contributed by atoms with E-state index in [0.29, 0.717) is 31.8 Å². The van der Waals surface area contributed by atoms with Crippen LogP contribution in [0.25, 0.3) is 0 Å². The van der Waals surface area contributed by atoms with E-state index in [9.17, 15) is 24.3 Å². The van der Waals surface area contributed by atoms with Gasteiger partial charge in [0.25, 0.3) is 0 Å². The molecule has 0 bridgehead atoms. The SMILES string of the molecule is CCC[C@@H](CC(=O)[C@@H]1C[C@]2(CN1C(=O)[C@H](CC(=O)[C@@H](NC(=O)[C@H]1CCCCN1C1CC1)C1CCCCC1)C(C)(C)C)C(C)(C)C21CCC1)C(=O)O. The summed E-state index contributed by atoms with van der Waals surface area (Å²) in [6.07, 6.45) is 15.2. The molecule has 6 atom stereocenters. The van der Waals surface area contributed by atoms with Gasteiger partial charge in [-0.15, -0.1) is 0 Å². The Morgan fingerprint density at radius 3 is 2.06 bits per heavy atom. The molecule has 6 fully saturated rings. The summed E-state index contributed by atoms with van der Waals surface area (Å²) >= 11 is 0. The fraction of sp³-hybridized carbons (Fsp3) is 0.881. The molecule has 0 aromatic rings. The highest BCUT2D eigenvalue weighted by atomic mass is 16.4. The van der Waals surface area contributed by atoms with Crippen molar-refractivity contribution in [3.05, 3.63) is 0 Å². The summed E-state index contributed by atoms with van der Waals surface area (Å²) in [7, 11) is 0. The summed E-state index contributed by atoms with van der Waals surface area (Å²) in [5.41, 5.74) is -0.642. The number of aliphatic carboxylic acids is 1. The minimum Gasteiger partial charge on any atom is -0.481 e. The van der Waals surface area contributed by atoms with Gasteiger partial charge in [-0.2, -0.15) is 0 Å². The number of Topliss-reactive ketones (excluding diaryl/α,β-unsaturated/α-hetero) is 2. The van der Waals surface area contributed by atoms with E-state index in [1.807, 2.05) is 27.7 Å². The monoisotopic (exact) mass is 710 g/mol. The Morgan fingerprint density at radius 1 is 0.843 bits per heavy atom. The van der Waals surface area contributed by atoms with E-state index in [1.54, 1.807) is 4.90 Å². The molecule has 6 aliphatic rings. The zero-order chi connectivity index (χ0) is 36.9. The summed E-state index contributed by atoms with van der Waals surface area (Å²) < 4.78 is 0. The van der Waals surface area contributed by atoms with Gasteiger partial charge in [-0.1, -0.05) is 80.1 Å². The standard InChI is InChI=1S/C42H67N3O6/c1-7-14-28(38(50)51)23-33(46)32-25-42(40(5,6)41(42)20-13-21-41)26-45(32)37(49)30(39(2,3)4)24-34(47)35(27-15-9-8-10-16-27)43-36(48)31-17-11-12-22-44(31)29-18-19-29/h27-32,35H,7-26H2,1-6H3,(H,43,48)(H,50,51)/t28-,30-,31+,32-,35-,42-/m0/s1. The minimum atomic E-state index is -0.958. The molecule has 9 heteroatoms. The van der Waals surface area contributed by atoms with E-state index in [1.165, 1.54) is 0 Å². The maximum absolute atomic E-state index is 15.0. The molecule has 2 aliphatic heterocycles.